The van der Waals surface area contributed by atoms with Crippen LogP contribution in [0.1, 0.15) is 126 Å². The molecule has 3 N–H and O–H groups in total. The molecule has 0 saturated heterocycles. The van der Waals surface area contributed by atoms with E-state index in [0.29, 0.717) is 23.4 Å². The van der Waals surface area contributed by atoms with Crippen molar-refractivity contribution in [2.24, 2.45) is 5.73 Å². The summed E-state index contributed by atoms with van der Waals surface area (Å²) in [5, 5.41) is 9.59. The molecule has 0 saturated carbocycles. The van der Waals surface area contributed by atoms with Crippen molar-refractivity contribution in [2.45, 2.75) is 116 Å². The zero-order valence-electron chi connectivity index (χ0n) is 20.3. The largest absolute Gasteiger partial charge is 0.392 e. The highest BCUT2D eigenvalue weighted by Gasteiger charge is 2.12. The van der Waals surface area contributed by atoms with Crippen LogP contribution in [0.4, 0.5) is 5.69 Å². The minimum absolute atomic E-state index is 0.236. The summed E-state index contributed by atoms with van der Waals surface area (Å²) in [7, 11) is 0. The van der Waals surface area contributed by atoms with Crippen LogP contribution in [0.15, 0.2) is 18.2 Å². The Labute approximate surface area is 195 Å². The van der Waals surface area contributed by atoms with E-state index in [-0.39, 0.29) is 6.61 Å². The maximum Gasteiger partial charge on any atom is 0.248 e. The lowest BCUT2D eigenvalue weighted by Crippen LogP contribution is -2.24. The summed E-state index contributed by atoms with van der Waals surface area (Å²) in [5.74, 6) is -0.540. The molecule has 5 heteroatoms. The molecule has 0 aliphatic heterocycles. The molecule has 0 aromatic heterocycles. The van der Waals surface area contributed by atoms with E-state index in [2.05, 4.69) is 6.92 Å². The summed E-state index contributed by atoms with van der Waals surface area (Å²) >= 11 is 0. The second kappa shape index (κ2) is 18.7. The van der Waals surface area contributed by atoms with Crippen molar-refractivity contribution in [1.82, 2.24) is 0 Å². The quantitative estimate of drug-likeness (QED) is 0.167. The molecule has 1 rings (SSSR count). The standard InChI is InChI=1S/C27H46N2O3/c1-2-3-4-5-6-7-8-9-10-11-12-13-14-15-16-17-20-29(23-31)26-19-18-24(27(28)32)21-25(26)22-30/h18-19,21,23,30H,2-17,20,22H2,1H3,(H2,28,32). The summed E-state index contributed by atoms with van der Waals surface area (Å²) < 4.78 is 0. The number of nitrogens with two attached hydrogens (primary N) is 1. The van der Waals surface area contributed by atoms with E-state index in [1.54, 1.807) is 23.1 Å². The molecule has 32 heavy (non-hydrogen) atoms. The van der Waals surface area contributed by atoms with Gasteiger partial charge in [0, 0.05) is 23.4 Å². The number of aliphatic hydroxyl groups excluding tert-OH is 1. The highest BCUT2D eigenvalue weighted by molar-refractivity contribution is 5.94. The SMILES string of the molecule is CCCCCCCCCCCCCCCCCCN(C=O)c1ccc(C(N)=O)cc1CO. The molecule has 0 atom stereocenters. The summed E-state index contributed by atoms with van der Waals surface area (Å²) in [4.78, 5) is 24.5. The first-order chi connectivity index (χ1) is 15.6. The van der Waals surface area contributed by atoms with Crippen LogP contribution in [0, 0.1) is 0 Å². The third-order valence-corrected chi connectivity index (χ3v) is 6.22. The molecule has 0 fully saturated rings. The van der Waals surface area contributed by atoms with Gasteiger partial charge in [-0.3, -0.25) is 9.59 Å². The minimum Gasteiger partial charge on any atom is -0.392 e. The van der Waals surface area contributed by atoms with E-state index < -0.39 is 5.91 Å². The van der Waals surface area contributed by atoms with Crippen molar-refractivity contribution >= 4 is 18.0 Å². The number of carbonyl (C=O) groups excluding carboxylic acids is 2. The van der Waals surface area contributed by atoms with Gasteiger partial charge in [0.2, 0.25) is 12.3 Å². The van der Waals surface area contributed by atoms with Crippen molar-refractivity contribution < 1.29 is 14.7 Å². The lowest BCUT2D eigenvalue weighted by molar-refractivity contribution is -0.107. The number of benzene rings is 1. The topological polar surface area (TPSA) is 83.6 Å². The maximum atomic E-state index is 11.5. The number of amides is 2. The average Bonchev–Trinajstić information content (AvgIpc) is 2.81. The van der Waals surface area contributed by atoms with Crippen molar-refractivity contribution in [2.75, 3.05) is 11.4 Å². The number of anilines is 1. The average molecular weight is 447 g/mol. The summed E-state index contributed by atoms with van der Waals surface area (Å²) in [6.45, 7) is 2.65. The number of nitrogens with zero attached hydrogens (tertiary/aromatic N) is 1. The monoisotopic (exact) mass is 446 g/mol. The van der Waals surface area contributed by atoms with Crippen LogP contribution in [0.3, 0.4) is 0 Å². The second-order valence-electron chi connectivity index (χ2n) is 8.97. The van der Waals surface area contributed by atoms with Crippen molar-refractivity contribution in [3.8, 4) is 0 Å². The predicted octanol–water partition coefficient (Wildman–Crippen LogP) is 6.50. The third-order valence-electron chi connectivity index (χ3n) is 6.22. The molecule has 0 aliphatic rings. The van der Waals surface area contributed by atoms with Crippen LogP contribution in [0.25, 0.3) is 0 Å². The first kappa shape index (κ1) is 28.2. The van der Waals surface area contributed by atoms with Crippen LogP contribution in [0.2, 0.25) is 0 Å². The number of primary amides is 1. The van der Waals surface area contributed by atoms with Gasteiger partial charge in [0.1, 0.15) is 0 Å². The molecule has 2 amide bonds. The Balaban J connectivity index is 2.07. The van der Waals surface area contributed by atoms with Crippen molar-refractivity contribution in [1.29, 1.82) is 0 Å². The first-order valence-corrected chi connectivity index (χ1v) is 12.9. The molecule has 0 bridgehead atoms. The fraction of sp³-hybridized carbons (Fsp3) is 0.704. The second-order valence-corrected chi connectivity index (χ2v) is 8.97. The number of carbonyl (C=O) groups is 2. The van der Waals surface area contributed by atoms with E-state index in [1.165, 1.54) is 89.9 Å². The summed E-state index contributed by atoms with van der Waals surface area (Å²) in [6.07, 6.45) is 21.8. The van der Waals surface area contributed by atoms with Crippen molar-refractivity contribution in [3.63, 3.8) is 0 Å². The summed E-state index contributed by atoms with van der Waals surface area (Å²) in [6, 6.07) is 4.84. The van der Waals surface area contributed by atoms with Gasteiger partial charge in [0.15, 0.2) is 0 Å². The van der Waals surface area contributed by atoms with E-state index in [1.807, 2.05) is 0 Å². The van der Waals surface area contributed by atoms with Gasteiger partial charge in [-0.2, -0.15) is 0 Å². The number of rotatable bonds is 21. The number of unbranched alkanes of at least 4 members (excludes halogenated alkanes) is 15. The first-order valence-electron chi connectivity index (χ1n) is 12.9. The lowest BCUT2D eigenvalue weighted by Gasteiger charge is -2.20. The van der Waals surface area contributed by atoms with Gasteiger partial charge in [0.05, 0.1) is 6.61 Å². The zero-order valence-corrected chi connectivity index (χ0v) is 20.3. The van der Waals surface area contributed by atoms with Gasteiger partial charge in [-0.1, -0.05) is 103 Å². The van der Waals surface area contributed by atoms with Crippen LogP contribution in [0.5, 0.6) is 0 Å². The van der Waals surface area contributed by atoms with Crippen molar-refractivity contribution in [3.05, 3.63) is 29.3 Å². The molecular weight excluding hydrogens is 400 g/mol. The Morgan fingerprint density at radius 2 is 1.31 bits per heavy atom. The zero-order chi connectivity index (χ0) is 23.4. The molecule has 1 aromatic rings. The van der Waals surface area contributed by atoms with Gasteiger partial charge >= 0.3 is 0 Å². The van der Waals surface area contributed by atoms with Gasteiger partial charge in [-0.25, -0.2) is 0 Å². The fourth-order valence-electron chi connectivity index (χ4n) is 4.21. The lowest BCUT2D eigenvalue weighted by atomic mass is 10.0. The molecule has 0 spiro atoms. The Bertz CT molecular complexity index is 633. The molecular formula is C27H46N2O3. The van der Waals surface area contributed by atoms with E-state index in [9.17, 15) is 14.7 Å². The molecule has 0 aliphatic carbocycles. The Morgan fingerprint density at radius 1 is 0.844 bits per heavy atom. The number of hydrogen-bond acceptors (Lipinski definition) is 3. The highest BCUT2D eigenvalue weighted by atomic mass is 16.3. The predicted molar refractivity (Wildman–Crippen MR) is 134 cm³/mol. The Kier molecular flexibility index (Phi) is 16.4. The molecule has 1 aromatic carbocycles. The number of aliphatic hydroxyl groups is 1. The van der Waals surface area contributed by atoms with Gasteiger partial charge in [0.25, 0.3) is 0 Å². The summed E-state index contributed by atoms with van der Waals surface area (Å²) in [5.41, 5.74) is 6.83. The van der Waals surface area contributed by atoms with Crippen LogP contribution in [-0.2, 0) is 11.4 Å². The highest BCUT2D eigenvalue weighted by Crippen LogP contribution is 2.22. The molecule has 5 nitrogen and oxygen atoms in total. The van der Waals surface area contributed by atoms with Crippen LogP contribution < -0.4 is 10.6 Å². The van der Waals surface area contributed by atoms with E-state index >= 15 is 0 Å². The van der Waals surface area contributed by atoms with E-state index in [0.717, 1.165) is 19.3 Å². The van der Waals surface area contributed by atoms with Crippen LogP contribution >= 0.6 is 0 Å². The van der Waals surface area contributed by atoms with Gasteiger partial charge in [-0.05, 0) is 24.6 Å². The Morgan fingerprint density at radius 3 is 1.72 bits per heavy atom. The minimum atomic E-state index is -0.540. The number of hydrogen-bond donors (Lipinski definition) is 2. The third kappa shape index (κ3) is 12.2. The molecule has 182 valence electrons. The van der Waals surface area contributed by atoms with Crippen LogP contribution in [-0.4, -0.2) is 24.0 Å². The van der Waals surface area contributed by atoms with E-state index in [4.69, 9.17) is 5.73 Å². The van der Waals surface area contributed by atoms with Gasteiger partial charge < -0.3 is 15.7 Å². The van der Waals surface area contributed by atoms with Gasteiger partial charge in [-0.15, -0.1) is 0 Å². The molecule has 0 radical (unpaired) electrons. The molecule has 0 unspecified atom stereocenters. The fourth-order valence-corrected chi connectivity index (χ4v) is 4.21. The Hall–Kier alpha value is -1.88. The normalized spacial score (nSPS) is 10.9. The molecule has 0 heterocycles. The smallest absolute Gasteiger partial charge is 0.248 e. The maximum absolute atomic E-state index is 11.5.